The van der Waals surface area contributed by atoms with Gasteiger partial charge in [-0.25, -0.2) is 0 Å². The second kappa shape index (κ2) is 3.71. The lowest BCUT2D eigenvalue weighted by Gasteiger charge is -2.22. The smallest absolute Gasteiger partial charge is 0.309 e. The fourth-order valence-corrected chi connectivity index (χ4v) is 2.63. The second-order valence-electron chi connectivity index (χ2n) is 5.75. The van der Waals surface area contributed by atoms with Crippen molar-refractivity contribution in [3.05, 3.63) is 0 Å². The number of carbonyl (C=O) groups excluding carboxylic acids is 1. The maximum atomic E-state index is 11.8. The summed E-state index contributed by atoms with van der Waals surface area (Å²) < 4.78 is 5.37. The Morgan fingerprint density at radius 2 is 1.88 bits per heavy atom. The Bertz CT molecular complexity index is 310. The van der Waals surface area contributed by atoms with Gasteiger partial charge in [0.1, 0.15) is 5.60 Å². The second-order valence-corrected chi connectivity index (χ2v) is 5.75. The Balaban J connectivity index is 1.82. The fourth-order valence-electron chi connectivity index (χ4n) is 2.63. The molecule has 0 aromatic carbocycles. The predicted molar refractivity (Wildman–Crippen MR) is 58.4 cm³/mol. The number of ether oxygens (including phenoxy) is 1. The van der Waals surface area contributed by atoms with Gasteiger partial charge in [-0.05, 0) is 45.4 Å². The van der Waals surface area contributed by atoms with Crippen molar-refractivity contribution in [3.63, 3.8) is 0 Å². The number of carbonyl (C=O) groups is 1. The van der Waals surface area contributed by atoms with Gasteiger partial charge >= 0.3 is 5.97 Å². The number of hydrogen-bond donors (Lipinski definition) is 1. The molecule has 2 fully saturated rings. The summed E-state index contributed by atoms with van der Waals surface area (Å²) in [6.45, 7) is 5.68. The third-order valence-corrected chi connectivity index (χ3v) is 3.34. The van der Waals surface area contributed by atoms with Gasteiger partial charge < -0.3 is 10.6 Å². The largest absolute Gasteiger partial charge is 0.460 e. The van der Waals surface area contributed by atoms with E-state index in [1.165, 1.54) is 0 Å². The minimum Gasteiger partial charge on any atom is -0.460 e. The zero-order valence-corrected chi connectivity index (χ0v) is 10.0. The van der Waals surface area contributed by atoms with Crippen LogP contribution < -0.4 is 5.84 Å². The Morgan fingerprint density at radius 1 is 1.31 bits per heavy atom. The molecule has 5 nitrogen and oxygen atoms in total. The molecule has 2 unspecified atom stereocenters. The minimum absolute atomic E-state index is 0.0541. The van der Waals surface area contributed by atoms with E-state index in [2.05, 4.69) is 10.3 Å². The number of fused-ring (bicyclic) bond motifs is 1. The van der Waals surface area contributed by atoms with Gasteiger partial charge in [0, 0.05) is 0 Å². The van der Waals surface area contributed by atoms with Crippen LogP contribution in [0.2, 0.25) is 0 Å². The number of nitrogens with zero attached hydrogens (tertiary/aromatic N) is 2. The Labute approximate surface area is 95.4 Å². The number of esters is 1. The SMILES string of the molecule is CC(C)(C)OC(=O)C1CC2C(C1)C2N=NN. The average Bonchev–Trinajstić information content (AvgIpc) is 2.60. The molecule has 16 heavy (non-hydrogen) atoms. The highest BCUT2D eigenvalue weighted by molar-refractivity contribution is 5.73. The molecule has 0 spiro atoms. The molecule has 2 N–H and O–H groups in total. The van der Waals surface area contributed by atoms with Gasteiger partial charge in [-0.15, -0.1) is 0 Å². The van der Waals surface area contributed by atoms with Crippen LogP contribution in [0.25, 0.3) is 0 Å². The third-order valence-electron chi connectivity index (χ3n) is 3.34. The summed E-state index contributed by atoms with van der Waals surface area (Å²) in [4.78, 5) is 11.8. The van der Waals surface area contributed by atoms with Crippen LogP contribution in [0.1, 0.15) is 33.6 Å². The van der Waals surface area contributed by atoms with Crippen molar-refractivity contribution in [1.82, 2.24) is 0 Å². The summed E-state index contributed by atoms with van der Waals surface area (Å²) in [5.74, 6) is 6.01. The van der Waals surface area contributed by atoms with Crippen LogP contribution in [0, 0.1) is 17.8 Å². The molecule has 0 radical (unpaired) electrons. The molecular formula is C11H19N3O2. The third kappa shape index (κ3) is 2.18. The van der Waals surface area contributed by atoms with Gasteiger partial charge in [-0.2, -0.15) is 5.11 Å². The van der Waals surface area contributed by atoms with Gasteiger partial charge in [-0.3, -0.25) is 4.79 Å². The lowest BCUT2D eigenvalue weighted by molar-refractivity contribution is -0.160. The van der Waals surface area contributed by atoms with Gasteiger partial charge in [0.15, 0.2) is 0 Å². The topological polar surface area (TPSA) is 77.0 Å². The van der Waals surface area contributed by atoms with Gasteiger partial charge in [0.2, 0.25) is 0 Å². The summed E-state index contributed by atoms with van der Waals surface area (Å²) in [6.07, 6.45) is 1.76. The lowest BCUT2D eigenvalue weighted by atomic mass is 10.0. The van der Waals surface area contributed by atoms with Crippen LogP contribution in [0.5, 0.6) is 0 Å². The van der Waals surface area contributed by atoms with Crippen molar-refractivity contribution in [2.45, 2.75) is 45.3 Å². The Kier molecular flexibility index (Phi) is 2.64. The van der Waals surface area contributed by atoms with Gasteiger partial charge in [0.05, 0.1) is 12.0 Å². The quantitative estimate of drug-likeness (QED) is 0.336. The number of hydrogen-bond acceptors (Lipinski definition) is 4. The van der Waals surface area contributed by atoms with Crippen molar-refractivity contribution in [2.24, 2.45) is 33.9 Å². The maximum Gasteiger partial charge on any atom is 0.309 e. The molecule has 0 aliphatic heterocycles. The van der Waals surface area contributed by atoms with E-state index < -0.39 is 0 Å². The molecule has 0 aromatic rings. The normalized spacial score (nSPS) is 37.4. The molecule has 0 aromatic heterocycles. The fraction of sp³-hybridized carbons (Fsp3) is 0.909. The molecule has 90 valence electrons. The molecule has 5 heteroatoms. The average molecular weight is 225 g/mol. The summed E-state index contributed by atoms with van der Waals surface area (Å²) in [5, 5.41) is 7.26. The van der Waals surface area contributed by atoms with E-state index in [-0.39, 0.29) is 23.5 Å². The standard InChI is InChI=1S/C11H19N3O2/c1-11(2,3)16-10(15)6-4-7-8(5-6)9(7)13-14-12/h6-9H,4-5H2,1-3H3,(H2,12,13). The molecule has 0 bridgehead atoms. The zero-order chi connectivity index (χ0) is 11.9. The van der Waals surface area contributed by atoms with Crippen LogP contribution in [0.4, 0.5) is 0 Å². The maximum absolute atomic E-state index is 11.8. The Hall–Kier alpha value is -1.13. The summed E-state index contributed by atoms with van der Waals surface area (Å²) in [7, 11) is 0. The molecule has 2 aliphatic carbocycles. The van der Waals surface area contributed by atoms with E-state index in [9.17, 15) is 4.79 Å². The molecular weight excluding hydrogens is 206 g/mol. The molecule has 2 aliphatic rings. The van der Waals surface area contributed by atoms with E-state index in [0.717, 1.165) is 12.8 Å². The van der Waals surface area contributed by atoms with Crippen molar-refractivity contribution in [2.75, 3.05) is 0 Å². The predicted octanol–water partition coefficient (Wildman–Crippen LogP) is 1.68. The Morgan fingerprint density at radius 3 is 2.31 bits per heavy atom. The van der Waals surface area contributed by atoms with Crippen molar-refractivity contribution in [3.8, 4) is 0 Å². The zero-order valence-electron chi connectivity index (χ0n) is 10.0. The highest BCUT2D eigenvalue weighted by atomic mass is 16.6. The van der Waals surface area contributed by atoms with Crippen LogP contribution in [0.15, 0.2) is 10.3 Å². The summed E-state index contributed by atoms with van der Waals surface area (Å²) >= 11 is 0. The van der Waals surface area contributed by atoms with Crippen LogP contribution >= 0.6 is 0 Å². The van der Waals surface area contributed by atoms with Crippen LogP contribution in [0.3, 0.4) is 0 Å². The van der Waals surface area contributed by atoms with Crippen molar-refractivity contribution in [1.29, 1.82) is 0 Å². The van der Waals surface area contributed by atoms with Crippen molar-refractivity contribution >= 4 is 5.97 Å². The first-order valence-electron chi connectivity index (χ1n) is 5.75. The first-order chi connectivity index (χ1) is 7.42. The molecule has 2 atom stereocenters. The van der Waals surface area contributed by atoms with E-state index in [4.69, 9.17) is 10.6 Å². The van der Waals surface area contributed by atoms with E-state index in [0.29, 0.717) is 11.8 Å². The first-order valence-corrected chi connectivity index (χ1v) is 5.75. The highest BCUT2D eigenvalue weighted by Crippen LogP contribution is 2.56. The van der Waals surface area contributed by atoms with Crippen LogP contribution in [-0.4, -0.2) is 17.6 Å². The van der Waals surface area contributed by atoms with E-state index in [1.807, 2.05) is 20.8 Å². The van der Waals surface area contributed by atoms with Crippen LogP contribution in [-0.2, 0) is 9.53 Å². The lowest BCUT2D eigenvalue weighted by Crippen LogP contribution is -2.28. The van der Waals surface area contributed by atoms with Gasteiger partial charge in [-0.1, -0.05) is 5.22 Å². The first kappa shape index (κ1) is 11.4. The molecule has 0 saturated heterocycles. The molecule has 0 amide bonds. The van der Waals surface area contributed by atoms with Crippen molar-refractivity contribution < 1.29 is 9.53 Å². The molecule has 0 heterocycles. The van der Waals surface area contributed by atoms with E-state index in [1.54, 1.807) is 0 Å². The monoisotopic (exact) mass is 225 g/mol. The minimum atomic E-state index is -0.389. The highest BCUT2D eigenvalue weighted by Gasteiger charge is 2.58. The number of rotatable bonds is 2. The molecule has 2 rings (SSSR count). The van der Waals surface area contributed by atoms with Gasteiger partial charge in [0.25, 0.3) is 0 Å². The molecule has 2 saturated carbocycles. The van der Waals surface area contributed by atoms with E-state index >= 15 is 0 Å². The summed E-state index contributed by atoms with van der Waals surface area (Å²) in [5.41, 5.74) is -0.389. The summed E-state index contributed by atoms with van der Waals surface area (Å²) in [6, 6.07) is 0.267. The number of nitrogens with two attached hydrogens (primary N) is 1.